The maximum Gasteiger partial charge on any atom is 0.139 e. The maximum absolute atomic E-state index is 5.98. The highest BCUT2D eigenvalue weighted by molar-refractivity contribution is 5.48. The molecule has 2 saturated heterocycles. The van der Waals surface area contributed by atoms with Crippen LogP contribution in [0.5, 0.6) is 5.75 Å². The smallest absolute Gasteiger partial charge is 0.139 e. The third-order valence-electron chi connectivity index (χ3n) is 5.95. The van der Waals surface area contributed by atoms with Crippen LogP contribution in [0.25, 0.3) is 0 Å². The molecule has 2 aromatic rings. The van der Waals surface area contributed by atoms with Gasteiger partial charge in [-0.15, -0.1) is 0 Å². The van der Waals surface area contributed by atoms with Crippen molar-refractivity contribution in [3.05, 3.63) is 48.8 Å². The Labute approximate surface area is 168 Å². The second kappa shape index (κ2) is 9.78. The van der Waals surface area contributed by atoms with Crippen molar-refractivity contribution in [2.75, 3.05) is 43.0 Å². The molecule has 2 N–H and O–H groups in total. The molecule has 2 aliphatic rings. The number of nitrogens with zero attached hydrogens (tertiary/aromatic N) is 2. The van der Waals surface area contributed by atoms with E-state index in [9.17, 15) is 0 Å². The number of nitrogens with one attached hydrogen (secondary N) is 2. The van der Waals surface area contributed by atoms with E-state index in [-0.39, 0.29) is 0 Å². The highest BCUT2D eigenvalue weighted by Crippen LogP contribution is 2.27. The summed E-state index contributed by atoms with van der Waals surface area (Å²) in [5.41, 5.74) is 2.41. The minimum Gasteiger partial charge on any atom is -0.490 e. The van der Waals surface area contributed by atoms with E-state index >= 15 is 0 Å². The Morgan fingerprint density at radius 2 is 1.96 bits per heavy atom. The van der Waals surface area contributed by atoms with Gasteiger partial charge in [-0.3, -0.25) is 4.98 Å². The minimum absolute atomic E-state index is 0.490. The Morgan fingerprint density at radius 3 is 2.75 bits per heavy atom. The summed E-state index contributed by atoms with van der Waals surface area (Å²) in [6, 6.07) is 13.1. The quantitative estimate of drug-likeness (QED) is 0.727. The molecule has 1 aromatic carbocycles. The molecular weight excluding hydrogens is 348 g/mol. The molecule has 28 heavy (non-hydrogen) atoms. The number of anilines is 2. The largest absolute Gasteiger partial charge is 0.490 e. The zero-order valence-electron chi connectivity index (χ0n) is 16.6. The number of pyridine rings is 1. The van der Waals surface area contributed by atoms with Crippen LogP contribution in [0.3, 0.4) is 0 Å². The van der Waals surface area contributed by atoms with Crippen LogP contribution in [-0.2, 0) is 0 Å². The van der Waals surface area contributed by atoms with Crippen LogP contribution in [-0.4, -0.2) is 43.8 Å². The van der Waals surface area contributed by atoms with Crippen LogP contribution in [0.2, 0.25) is 0 Å². The van der Waals surface area contributed by atoms with E-state index < -0.39 is 0 Å². The molecule has 5 nitrogen and oxygen atoms in total. The minimum atomic E-state index is 0.490. The van der Waals surface area contributed by atoms with Crippen LogP contribution < -0.4 is 20.3 Å². The summed E-state index contributed by atoms with van der Waals surface area (Å²) in [5, 5.41) is 7.01. The van der Waals surface area contributed by atoms with Gasteiger partial charge in [-0.25, -0.2) is 0 Å². The number of hydrogen-bond donors (Lipinski definition) is 2. The summed E-state index contributed by atoms with van der Waals surface area (Å²) >= 11 is 0. The zero-order valence-corrected chi connectivity index (χ0v) is 16.6. The van der Waals surface area contributed by atoms with Gasteiger partial charge in [-0.1, -0.05) is 18.2 Å². The molecule has 0 radical (unpaired) electrons. The Bertz CT molecular complexity index is 710. The van der Waals surface area contributed by atoms with Crippen LogP contribution in [0.15, 0.2) is 48.8 Å². The maximum atomic E-state index is 5.98. The zero-order chi connectivity index (χ0) is 19.0. The predicted molar refractivity (Wildman–Crippen MR) is 115 cm³/mol. The van der Waals surface area contributed by atoms with E-state index in [2.05, 4.69) is 56.9 Å². The average Bonchev–Trinajstić information content (AvgIpc) is 3.28. The van der Waals surface area contributed by atoms with Crippen molar-refractivity contribution in [2.24, 2.45) is 5.92 Å². The first-order chi connectivity index (χ1) is 13.9. The van der Waals surface area contributed by atoms with Crippen molar-refractivity contribution in [3.63, 3.8) is 0 Å². The molecule has 2 fully saturated rings. The van der Waals surface area contributed by atoms with Crippen molar-refractivity contribution < 1.29 is 4.74 Å². The molecule has 150 valence electrons. The van der Waals surface area contributed by atoms with Crippen LogP contribution in [0.4, 0.5) is 11.4 Å². The lowest BCUT2D eigenvalue weighted by atomic mass is 9.93. The number of para-hydroxylation sites is 1. The molecular formula is C23H32N4O. The molecule has 0 aliphatic carbocycles. The van der Waals surface area contributed by atoms with Crippen molar-refractivity contribution >= 4 is 11.4 Å². The lowest BCUT2D eigenvalue weighted by Gasteiger charge is -2.33. The van der Waals surface area contributed by atoms with Gasteiger partial charge in [-0.05, 0) is 56.7 Å². The molecule has 5 heteroatoms. The van der Waals surface area contributed by atoms with Gasteiger partial charge in [0.2, 0.25) is 0 Å². The van der Waals surface area contributed by atoms with Gasteiger partial charge in [0.1, 0.15) is 12.4 Å². The van der Waals surface area contributed by atoms with E-state index in [4.69, 9.17) is 4.74 Å². The van der Waals surface area contributed by atoms with Gasteiger partial charge in [0.25, 0.3) is 0 Å². The molecule has 2 aliphatic heterocycles. The molecule has 3 heterocycles. The molecule has 4 rings (SSSR count). The van der Waals surface area contributed by atoms with Crippen molar-refractivity contribution in [3.8, 4) is 5.75 Å². The number of aromatic nitrogens is 1. The van der Waals surface area contributed by atoms with Gasteiger partial charge >= 0.3 is 0 Å². The Morgan fingerprint density at radius 1 is 1.11 bits per heavy atom. The predicted octanol–water partition coefficient (Wildman–Crippen LogP) is 3.93. The fraction of sp³-hybridized carbons (Fsp3) is 0.522. The highest BCUT2D eigenvalue weighted by Gasteiger charge is 2.20. The summed E-state index contributed by atoms with van der Waals surface area (Å²) in [4.78, 5) is 6.86. The van der Waals surface area contributed by atoms with E-state index in [1.807, 2.05) is 12.4 Å². The van der Waals surface area contributed by atoms with E-state index in [0.717, 1.165) is 44.5 Å². The second-order valence-corrected chi connectivity index (χ2v) is 8.00. The van der Waals surface area contributed by atoms with E-state index in [1.165, 1.54) is 43.5 Å². The average molecular weight is 381 g/mol. The first-order valence-corrected chi connectivity index (χ1v) is 10.7. The Kier molecular flexibility index (Phi) is 6.66. The molecule has 0 bridgehead atoms. The van der Waals surface area contributed by atoms with Gasteiger partial charge in [-0.2, -0.15) is 0 Å². The standard InChI is InChI=1S/C23H32N4O/c1-2-5-20(6-3-1)26-12-8-19-9-13-27(14-10-19)22-15-23(17-24-16-22)28-18-21-7-4-11-25-21/h1-3,5-6,15-17,19,21,25-26H,4,7-14,18H2. The highest BCUT2D eigenvalue weighted by atomic mass is 16.5. The summed E-state index contributed by atoms with van der Waals surface area (Å²) in [6.45, 7) is 5.11. The van der Waals surface area contributed by atoms with Gasteiger partial charge < -0.3 is 20.3 Å². The molecule has 1 aromatic heterocycles. The number of piperidine rings is 1. The van der Waals surface area contributed by atoms with Gasteiger partial charge in [0.05, 0.1) is 18.1 Å². The fourth-order valence-electron chi connectivity index (χ4n) is 4.21. The van der Waals surface area contributed by atoms with Crippen molar-refractivity contribution in [1.82, 2.24) is 10.3 Å². The molecule has 0 saturated carbocycles. The molecule has 0 amide bonds. The molecule has 1 unspecified atom stereocenters. The first kappa shape index (κ1) is 19.1. The lowest BCUT2D eigenvalue weighted by Crippen LogP contribution is -2.34. The third-order valence-corrected chi connectivity index (χ3v) is 5.95. The summed E-state index contributed by atoms with van der Waals surface area (Å²) in [6.07, 6.45) is 9.99. The first-order valence-electron chi connectivity index (χ1n) is 10.7. The van der Waals surface area contributed by atoms with E-state index in [1.54, 1.807) is 0 Å². The van der Waals surface area contributed by atoms with Crippen molar-refractivity contribution in [1.29, 1.82) is 0 Å². The summed E-state index contributed by atoms with van der Waals surface area (Å²) in [7, 11) is 0. The molecule has 0 spiro atoms. The van der Waals surface area contributed by atoms with Gasteiger partial charge in [0, 0.05) is 37.4 Å². The van der Waals surface area contributed by atoms with E-state index in [0.29, 0.717) is 6.04 Å². The Balaban J connectivity index is 1.20. The monoisotopic (exact) mass is 380 g/mol. The SMILES string of the molecule is c1ccc(NCCC2CCN(c3cncc(OCC4CCCN4)c3)CC2)cc1. The second-order valence-electron chi connectivity index (χ2n) is 8.00. The number of hydrogen-bond acceptors (Lipinski definition) is 5. The number of benzene rings is 1. The normalized spacial score (nSPS) is 20.3. The third kappa shape index (κ3) is 5.38. The van der Waals surface area contributed by atoms with Crippen LogP contribution in [0, 0.1) is 5.92 Å². The fourth-order valence-corrected chi connectivity index (χ4v) is 4.21. The summed E-state index contributed by atoms with van der Waals surface area (Å²) < 4.78 is 5.98. The Hall–Kier alpha value is -2.27. The molecule has 1 atom stereocenters. The summed E-state index contributed by atoms with van der Waals surface area (Å²) in [5.74, 6) is 1.69. The number of rotatable bonds is 8. The number of ether oxygens (including phenoxy) is 1. The van der Waals surface area contributed by atoms with Crippen LogP contribution >= 0.6 is 0 Å². The van der Waals surface area contributed by atoms with Crippen LogP contribution in [0.1, 0.15) is 32.1 Å². The van der Waals surface area contributed by atoms with Crippen molar-refractivity contribution in [2.45, 2.75) is 38.1 Å². The lowest BCUT2D eigenvalue weighted by molar-refractivity contribution is 0.276. The van der Waals surface area contributed by atoms with Gasteiger partial charge in [0.15, 0.2) is 0 Å². The topological polar surface area (TPSA) is 49.4 Å².